The Morgan fingerprint density at radius 1 is 1.00 bits per heavy atom. The summed E-state index contributed by atoms with van der Waals surface area (Å²) < 4.78 is 0. The van der Waals surface area contributed by atoms with Gasteiger partial charge in [-0.25, -0.2) is 10.0 Å². The van der Waals surface area contributed by atoms with E-state index in [-0.39, 0.29) is 0 Å². The van der Waals surface area contributed by atoms with Crippen molar-refractivity contribution in [3.63, 3.8) is 0 Å². The van der Waals surface area contributed by atoms with Crippen LogP contribution in [0.4, 0.5) is 0 Å². The fourth-order valence-electron chi connectivity index (χ4n) is 1.57. The lowest BCUT2D eigenvalue weighted by Gasteiger charge is -2.26. The van der Waals surface area contributed by atoms with Gasteiger partial charge in [-0.15, -0.1) is 0 Å². The molecule has 1 aromatic carbocycles. The van der Waals surface area contributed by atoms with Gasteiger partial charge in [-0.3, -0.25) is 0 Å². The Morgan fingerprint density at radius 2 is 1.53 bits per heavy atom. The van der Waals surface area contributed by atoms with E-state index in [9.17, 15) is 0 Å². The molecule has 0 aliphatic rings. The molecule has 0 saturated carbocycles. The molecule has 0 aliphatic carbocycles. The molecule has 0 saturated heterocycles. The molecule has 0 unspecified atom stereocenters. The molecule has 0 nitrogen and oxygen atoms in total. The second-order valence-corrected chi connectivity index (χ2v) is 9.53. The maximum absolute atomic E-state index is 2.41. The number of hydrogen-bond donors (Lipinski definition) is 0. The number of benzene rings is 1. The Balaban J connectivity index is 0.000000770. The monoisotopic (exact) mass is 254 g/mol. The van der Waals surface area contributed by atoms with E-state index in [2.05, 4.69) is 64.7 Å². The molecule has 0 spiro atoms. The van der Waals surface area contributed by atoms with Crippen molar-refractivity contribution in [1.29, 1.82) is 0 Å². The van der Waals surface area contributed by atoms with Crippen LogP contribution in [0, 0.1) is 6.92 Å². The summed E-state index contributed by atoms with van der Waals surface area (Å²) in [7, 11) is -0.560. The Hall–Kier alpha value is -0.430. The topological polar surface area (TPSA) is 0 Å². The summed E-state index contributed by atoms with van der Waals surface area (Å²) in [6.07, 6.45) is 10.8. The molecule has 0 atom stereocenters. The normalized spacial score (nSPS) is 11.7. The molecular formula is C16H30S. The quantitative estimate of drug-likeness (QED) is 0.676. The predicted octanol–water partition coefficient (Wildman–Crippen LogP) is 5.42. The van der Waals surface area contributed by atoms with E-state index in [1.54, 1.807) is 0 Å². The molecule has 1 heteroatoms. The van der Waals surface area contributed by atoms with Gasteiger partial charge >= 0.3 is 0 Å². The van der Waals surface area contributed by atoms with E-state index in [0.29, 0.717) is 0 Å². The average Bonchev–Trinajstić information content (AvgIpc) is 2.21. The third-order valence-electron chi connectivity index (χ3n) is 2.55. The minimum Gasteiger partial charge on any atom is -0.223 e. The lowest BCUT2D eigenvalue weighted by atomic mass is 10.0. The Morgan fingerprint density at radius 3 is 1.94 bits per heavy atom. The van der Waals surface area contributed by atoms with Crippen LogP contribution in [0.25, 0.3) is 0 Å². The van der Waals surface area contributed by atoms with Gasteiger partial charge in [-0.1, -0.05) is 39.7 Å². The molecule has 0 amide bonds. The maximum atomic E-state index is 2.41. The summed E-state index contributed by atoms with van der Waals surface area (Å²) in [6, 6.07) is 6.98. The third kappa shape index (κ3) is 6.16. The molecule has 17 heavy (non-hydrogen) atoms. The van der Waals surface area contributed by atoms with Gasteiger partial charge in [-0.05, 0) is 60.3 Å². The lowest BCUT2D eigenvalue weighted by Crippen LogP contribution is -1.96. The summed E-state index contributed by atoms with van der Waals surface area (Å²) in [5, 5.41) is 0. The van der Waals surface area contributed by atoms with Crippen LogP contribution in [-0.2, 0) is 6.42 Å². The molecule has 0 aliphatic heterocycles. The Bertz CT molecular complexity index is 321. The van der Waals surface area contributed by atoms with Crippen molar-refractivity contribution in [2.45, 2.75) is 51.9 Å². The van der Waals surface area contributed by atoms with E-state index in [1.807, 2.05) is 0 Å². The highest BCUT2D eigenvalue weighted by molar-refractivity contribution is 8.32. The second kappa shape index (κ2) is 7.81. The zero-order chi connectivity index (χ0) is 13.5. The fraction of sp³-hybridized carbons (Fsp3) is 0.625. The highest BCUT2D eigenvalue weighted by Crippen LogP contribution is 2.45. The first-order chi connectivity index (χ1) is 7.86. The minimum absolute atomic E-state index is 0.560. The van der Waals surface area contributed by atoms with Gasteiger partial charge < -0.3 is 0 Å². The van der Waals surface area contributed by atoms with Crippen molar-refractivity contribution in [2.24, 2.45) is 0 Å². The molecule has 1 rings (SSSR count). The highest BCUT2D eigenvalue weighted by atomic mass is 32.3. The molecule has 0 bridgehead atoms. The lowest BCUT2D eigenvalue weighted by molar-refractivity contribution is 0.908. The first-order valence-electron chi connectivity index (χ1n) is 6.64. The summed E-state index contributed by atoms with van der Waals surface area (Å²) in [4.78, 5) is 1.53. The van der Waals surface area contributed by atoms with E-state index in [0.717, 1.165) is 0 Å². The number of aryl methyl sites for hydroxylation is 2. The first-order valence-corrected chi connectivity index (χ1v) is 9.50. The largest absolute Gasteiger partial charge is 0.223 e. The SMILES string of the molecule is CCC.CCCc1cc(S(C)(C)C)ccc1C. The molecule has 0 radical (unpaired) electrons. The van der Waals surface area contributed by atoms with Crippen LogP contribution in [-0.4, -0.2) is 18.8 Å². The van der Waals surface area contributed by atoms with Crippen molar-refractivity contribution in [3.05, 3.63) is 29.3 Å². The number of rotatable bonds is 3. The van der Waals surface area contributed by atoms with Crippen LogP contribution in [0.3, 0.4) is 0 Å². The summed E-state index contributed by atoms with van der Waals surface area (Å²) in [6.45, 7) is 8.71. The zero-order valence-corrected chi connectivity index (χ0v) is 13.6. The predicted molar refractivity (Wildman–Crippen MR) is 84.8 cm³/mol. The molecule has 100 valence electrons. The van der Waals surface area contributed by atoms with Crippen LogP contribution < -0.4 is 0 Å². The van der Waals surface area contributed by atoms with Gasteiger partial charge in [0.1, 0.15) is 0 Å². The molecule has 0 fully saturated rings. The van der Waals surface area contributed by atoms with Crippen molar-refractivity contribution < 1.29 is 0 Å². The van der Waals surface area contributed by atoms with Gasteiger partial charge in [0.25, 0.3) is 0 Å². The van der Waals surface area contributed by atoms with E-state index in [1.165, 1.54) is 35.3 Å². The average molecular weight is 254 g/mol. The zero-order valence-electron chi connectivity index (χ0n) is 12.8. The van der Waals surface area contributed by atoms with Gasteiger partial charge in [-0.2, -0.15) is 0 Å². The summed E-state index contributed by atoms with van der Waals surface area (Å²) in [5.41, 5.74) is 2.98. The number of hydrogen-bond acceptors (Lipinski definition) is 0. The van der Waals surface area contributed by atoms with Gasteiger partial charge in [0.15, 0.2) is 0 Å². The van der Waals surface area contributed by atoms with Crippen molar-refractivity contribution >= 4 is 10.0 Å². The molecule has 0 N–H and O–H groups in total. The molecule has 1 aromatic rings. The summed E-state index contributed by atoms with van der Waals surface area (Å²) >= 11 is 0. The van der Waals surface area contributed by atoms with Crippen molar-refractivity contribution in [3.8, 4) is 0 Å². The molecule has 0 heterocycles. The maximum Gasteiger partial charge on any atom is -0.0103 e. The van der Waals surface area contributed by atoms with E-state index < -0.39 is 10.0 Å². The van der Waals surface area contributed by atoms with Crippen molar-refractivity contribution in [1.82, 2.24) is 0 Å². The van der Waals surface area contributed by atoms with Crippen LogP contribution in [0.15, 0.2) is 23.1 Å². The van der Waals surface area contributed by atoms with E-state index in [4.69, 9.17) is 0 Å². The van der Waals surface area contributed by atoms with Crippen LogP contribution in [0.5, 0.6) is 0 Å². The Labute approximate surface area is 110 Å². The molecule has 0 aromatic heterocycles. The van der Waals surface area contributed by atoms with E-state index >= 15 is 0 Å². The first kappa shape index (κ1) is 16.6. The van der Waals surface area contributed by atoms with Gasteiger partial charge in [0, 0.05) is 0 Å². The highest BCUT2D eigenvalue weighted by Gasteiger charge is 2.09. The minimum atomic E-state index is -0.560. The van der Waals surface area contributed by atoms with Gasteiger partial charge in [0.05, 0.1) is 0 Å². The van der Waals surface area contributed by atoms with Crippen LogP contribution >= 0.6 is 10.0 Å². The standard InChI is InChI=1S/C13H22S.C3H8/c1-6-7-12-10-13(14(3,4)5)9-8-11(12)2;1-3-2/h8-10H,6-7H2,1-5H3;3H2,1-2H3. The summed E-state index contributed by atoms with van der Waals surface area (Å²) in [5.74, 6) is 0. The smallest absolute Gasteiger partial charge is 0.0103 e. The van der Waals surface area contributed by atoms with Gasteiger partial charge in [0.2, 0.25) is 0 Å². The second-order valence-electron chi connectivity index (χ2n) is 5.38. The molecular weight excluding hydrogens is 224 g/mol. The van der Waals surface area contributed by atoms with Crippen molar-refractivity contribution in [2.75, 3.05) is 18.8 Å². The van der Waals surface area contributed by atoms with Crippen LogP contribution in [0.1, 0.15) is 44.7 Å². The Kier molecular flexibility index (Phi) is 7.61. The third-order valence-corrected chi connectivity index (χ3v) is 4.22. The fourth-order valence-corrected chi connectivity index (χ4v) is 2.54. The van der Waals surface area contributed by atoms with Crippen LogP contribution in [0.2, 0.25) is 0 Å².